The number of nitrogens with zero attached hydrogens (tertiary/aromatic N) is 2. The Morgan fingerprint density at radius 3 is 2.38 bits per heavy atom. The summed E-state index contributed by atoms with van der Waals surface area (Å²) in [6.07, 6.45) is 0.696. The number of halogens is 2. The molecule has 1 heterocycles. The van der Waals surface area contributed by atoms with Crippen molar-refractivity contribution in [2.75, 3.05) is 0 Å². The number of ether oxygens (including phenoxy) is 1. The lowest BCUT2D eigenvalue weighted by atomic mass is 10.2. The van der Waals surface area contributed by atoms with Gasteiger partial charge in [-0.3, -0.25) is 0 Å². The van der Waals surface area contributed by atoms with Crippen molar-refractivity contribution in [2.45, 2.75) is 20.0 Å². The van der Waals surface area contributed by atoms with Gasteiger partial charge in [0.15, 0.2) is 5.82 Å². The van der Waals surface area contributed by atoms with Gasteiger partial charge in [-0.25, -0.2) is 13.8 Å². The Bertz CT molecular complexity index is 852. The van der Waals surface area contributed by atoms with Gasteiger partial charge in [-0.15, -0.1) is 0 Å². The third kappa shape index (κ3) is 3.93. The maximum absolute atomic E-state index is 13.4. The van der Waals surface area contributed by atoms with Crippen LogP contribution in [0.5, 0.6) is 5.88 Å². The first-order valence-corrected chi connectivity index (χ1v) is 7.65. The van der Waals surface area contributed by atoms with Gasteiger partial charge in [0.25, 0.3) is 0 Å². The molecule has 24 heavy (non-hydrogen) atoms. The van der Waals surface area contributed by atoms with Crippen LogP contribution < -0.4 is 4.74 Å². The highest BCUT2D eigenvalue weighted by atomic mass is 19.1. The van der Waals surface area contributed by atoms with Crippen molar-refractivity contribution in [3.05, 3.63) is 77.5 Å². The Kier molecular flexibility index (Phi) is 4.79. The monoisotopic (exact) mass is 326 g/mol. The second-order valence-corrected chi connectivity index (χ2v) is 5.30. The molecule has 3 aromatic rings. The van der Waals surface area contributed by atoms with Crippen LogP contribution in [0.1, 0.15) is 18.2 Å². The van der Waals surface area contributed by atoms with E-state index in [0.717, 1.165) is 5.69 Å². The molecule has 0 aliphatic rings. The zero-order valence-electron chi connectivity index (χ0n) is 13.2. The summed E-state index contributed by atoms with van der Waals surface area (Å²) in [5, 5.41) is 0. The fourth-order valence-electron chi connectivity index (χ4n) is 2.27. The predicted octanol–water partition coefficient (Wildman–Crippen LogP) is 4.56. The third-order valence-electron chi connectivity index (χ3n) is 3.48. The van der Waals surface area contributed by atoms with Crippen LogP contribution in [0.3, 0.4) is 0 Å². The summed E-state index contributed by atoms with van der Waals surface area (Å²) in [6, 6.07) is 14.0. The zero-order chi connectivity index (χ0) is 16.9. The lowest BCUT2D eigenvalue weighted by Gasteiger charge is -2.09. The van der Waals surface area contributed by atoms with Gasteiger partial charge in [-0.1, -0.05) is 31.2 Å². The molecule has 0 spiro atoms. The molecule has 0 saturated heterocycles. The van der Waals surface area contributed by atoms with Gasteiger partial charge in [-0.05, 0) is 36.2 Å². The van der Waals surface area contributed by atoms with Crippen LogP contribution in [0.25, 0.3) is 11.4 Å². The summed E-state index contributed by atoms with van der Waals surface area (Å²) in [4.78, 5) is 8.75. The van der Waals surface area contributed by atoms with Crippen molar-refractivity contribution >= 4 is 0 Å². The van der Waals surface area contributed by atoms with E-state index in [1.807, 2.05) is 6.92 Å². The van der Waals surface area contributed by atoms with Crippen molar-refractivity contribution in [2.24, 2.45) is 0 Å². The van der Waals surface area contributed by atoms with Crippen molar-refractivity contribution in [1.82, 2.24) is 9.97 Å². The molecule has 0 radical (unpaired) electrons. The van der Waals surface area contributed by atoms with Crippen molar-refractivity contribution in [3.63, 3.8) is 0 Å². The lowest BCUT2D eigenvalue weighted by Crippen LogP contribution is -2.02. The van der Waals surface area contributed by atoms with Crippen LogP contribution in [0.4, 0.5) is 8.78 Å². The first-order valence-electron chi connectivity index (χ1n) is 7.65. The van der Waals surface area contributed by atoms with E-state index in [1.54, 1.807) is 30.3 Å². The van der Waals surface area contributed by atoms with Crippen molar-refractivity contribution in [1.29, 1.82) is 0 Å². The van der Waals surface area contributed by atoms with Gasteiger partial charge >= 0.3 is 0 Å². The molecule has 0 unspecified atom stereocenters. The average molecular weight is 326 g/mol. The first-order chi connectivity index (χ1) is 11.6. The first kappa shape index (κ1) is 16.1. The molecule has 3 nitrogen and oxygen atoms in total. The molecule has 0 aliphatic carbocycles. The Morgan fingerprint density at radius 1 is 0.917 bits per heavy atom. The molecule has 0 amide bonds. The Hall–Kier alpha value is -2.82. The Morgan fingerprint density at radius 2 is 1.67 bits per heavy atom. The molecule has 3 rings (SSSR count). The molecule has 0 aliphatic heterocycles. The molecule has 0 atom stereocenters. The fourth-order valence-corrected chi connectivity index (χ4v) is 2.27. The van der Waals surface area contributed by atoms with Crippen molar-refractivity contribution in [3.8, 4) is 17.3 Å². The summed E-state index contributed by atoms with van der Waals surface area (Å²) in [6.45, 7) is 2.16. The SMILES string of the molecule is CCc1cc(OCc2cccc(F)c2)nc(-c2cccc(F)c2)n1. The highest BCUT2D eigenvalue weighted by Crippen LogP contribution is 2.21. The Labute approximate surface area is 139 Å². The van der Waals surface area contributed by atoms with Crippen LogP contribution in [-0.2, 0) is 13.0 Å². The highest BCUT2D eigenvalue weighted by Gasteiger charge is 2.08. The number of hydrogen-bond acceptors (Lipinski definition) is 3. The van der Waals surface area contributed by atoms with Gasteiger partial charge in [0.1, 0.15) is 18.2 Å². The minimum absolute atomic E-state index is 0.195. The molecule has 0 fully saturated rings. The second kappa shape index (κ2) is 7.17. The Balaban J connectivity index is 1.86. The van der Waals surface area contributed by atoms with E-state index in [2.05, 4.69) is 9.97 Å². The van der Waals surface area contributed by atoms with E-state index in [-0.39, 0.29) is 18.2 Å². The fraction of sp³-hybridized carbons (Fsp3) is 0.158. The smallest absolute Gasteiger partial charge is 0.217 e. The molecular weight excluding hydrogens is 310 g/mol. The molecule has 0 N–H and O–H groups in total. The minimum atomic E-state index is -0.347. The highest BCUT2D eigenvalue weighted by molar-refractivity contribution is 5.55. The number of rotatable bonds is 5. The number of benzene rings is 2. The normalized spacial score (nSPS) is 10.6. The van der Waals surface area contributed by atoms with Gasteiger partial charge in [0, 0.05) is 17.3 Å². The second-order valence-electron chi connectivity index (χ2n) is 5.30. The average Bonchev–Trinajstić information content (AvgIpc) is 2.60. The maximum atomic E-state index is 13.4. The topological polar surface area (TPSA) is 35.0 Å². The summed E-state index contributed by atoms with van der Waals surface area (Å²) in [5.74, 6) is 0.127. The molecule has 0 bridgehead atoms. The summed E-state index contributed by atoms with van der Waals surface area (Å²) >= 11 is 0. The quantitative estimate of drug-likeness (QED) is 0.689. The van der Waals surface area contributed by atoms with E-state index < -0.39 is 0 Å². The van der Waals surface area contributed by atoms with Gasteiger partial charge in [0.05, 0.1) is 0 Å². The zero-order valence-corrected chi connectivity index (χ0v) is 13.2. The van der Waals surface area contributed by atoms with Gasteiger partial charge in [0.2, 0.25) is 5.88 Å². The van der Waals surface area contributed by atoms with E-state index in [0.29, 0.717) is 29.3 Å². The van der Waals surface area contributed by atoms with Crippen LogP contribution in [0.15, 0.2) is 54.6 Å². The standard InChI is InChI=1S/C19H16F2N2O/c1-2-17-11-18(24-12-13-5-3-7-15(20)9-13)23-19(22-17)14-6-4-8-16(21)10-14/h3-11H,2,12H2,1H3. The summed E-state index contributed by atoms with van der Waals surface area (Å²) < 4.78 is 32.3. The van der Waals surface area contributed by atoms with Crippen LogP contribution in [-0.4, -0.2) is 9.97 Å². The number of aryl methyl sites for hydroxylation is 1. The molecule has 122 valence electrons. The molecule has 1 aromatic heterocycles. The molecule has 5 heteroatoms. The van der Waals surface area contributed by atoms with Crippen LogP contribution in [0.2, 0.25) is 0 Å². The molecule has 0 saturated carbocycles. The van der Waals surface area contributed by atoms with E-state index in [4.69, 9.17) is 4.74 Å². The molecule has 2 aromatic carbocycles. The van der Waals surface area contributed by atoms with Crippen LogP contribution in [0, 0.1) is 11.6 Å². The van der Waals surface area contributed by atoms with Gasteiger partial charge < -0.3 is 4.74 Å². The van der Waals surface area contributed by atoms with E-state index in [9.17, 15) is 8.78 Å². The molecular formula is C19H16F2N2O. The number of hydrogen-bond donors (Lipinski definition) is 0. The number of aromatic nitrogens is 2. The predicted molar refractivity (Wildman–Crippen MR) is 87.5 cm³/mol. The lowest BCUT2D eigenvalue weighted by molar-refractivity contribution is 0.292. The maximum Gasteiger partial charge on any atom is 0.217 e. The largest absolute Gasteiger partial charge is 0.473 e. The van der Waals surface area contributed by atoms with Crippen LogP contribution >= 0.6 is 0 Å². The van der Waals surface area contributed by atoms with E-state index >= 15 is 0 Å². The minimum Gasteiger partial charge on any atom is -0.473 e. The van der Waals surface area contributed by atoms with Gasteiger partial charge in [-0.2, -0.15) is 4.98 Å². The van der Waals surface area contributed by atoms with Crippen molar-refractivity contribution < 1.29 is 13.5 Å². The summed E-state index contributed by atoms with van der Waals surface area (Å²) in [5.41, 5.74) is 2.08. The third-order valence-corrected chi connectivity index (χ3v) is 3.48. The van der Waals surface area contributed by atoms with E-state index in [1.165, 1.54) is 24.3 Å². The summed E-state index contributed by atoms with van der Waals surface area (Å²) in [7, 11) is 0.